The van der Waals surface area contributed by atoms with Gasteiger partial charge in [0.1, 0.15) is 0 Å². The van der Waals surface area contributed by atoms with E-state index in [1.165, 1.54) is 32.1 Å². The predicted molar refractivity (Wildman–Crippen MR) is 90.5 cm³/mol. The van der Waals surface area contributed by atoms with Crippen molar-refractivity contribution in [3.05, 3.63) is 5.89 Å². The molecule has 10 heteroatoms. The summed E-state index contributed by atoms with van der Waals surface area (Å²) in [6.07, 6.45) is 10.0. The molecule has 1 atom stereocenters. The fourth-order valence-corrected chi connectivity index (χ4v) is 3.73. The van der Waals surface area contributed by atoms with E-state index in [1.54, 1.807) is 5.48 Å². The van der Waals surface area contributed by atoms with E-state index in [4.69, 9.17) is 9.73 Å². The van der Waals surface area contributed by atoms with E-state index in [0.717, 1.165) is 25.0 Å². The van der Waals surface area contributed by atoms with E-state index >= 15 is 0 Å². The molecule has 3 N–H and O–H groups in total. The van der Waals surface area contributed by atoms with Crippen LogP contribution in [0.25, 0.3) is 0 Å². The van der Waals surface area contributed by atoms with Crippen molar-refractivity contribution in [2.75, 3.05) is 11.0 Å². The van der Waals surface area contributed by atoms with Crippen molar-refractivity contribution in [2.45, 2.75) is 63.7 Å². The number of sulfonamides is 1. The van der Waals surface area contributed by atoms with E-state index in [1.807, 2.05) is 0 Å². The maximum Gasteiger partial charge on any atom is 0.277 e. The molecule has 25 heavy (non-hydrogen) atoms. The lowest BCUT2D eigenvalue weighted by atomic mass is 9.84. The molecule has 1 amide bonds. The van der Waals surface area contributed by atoms with Crippen LogP contribution in [0.15, 0.2) is 4.52 Å². The van der Waals surface area contributed by atoms with E-state index in [9.17, 15) is 13.2 Å². The normalized spacial score (nSPS) is 17.2. The standard InChI is InChI=1S/C15H26N4O5S/c1-25(22,23)19-15-16-14(24-18-15)12(10-13(20)17-21)9-5-8-11-6-3-2-4-7-11/h11-12,21H,2-10H2,1H3,(H,17,20)(H,18,19)/t12-/m1/s1. The van der Waals surface area contributed by atoms with Crippen molar-refractivity contribution in [2.24, 2.45) is 5.92 Å². The number of nitrogens with one attached hydrogen (secondary N) is 2. The second-order valence-corrected chi connectivity index (χ2v) is 8.45. The van der Waals surface area contributed by atoms with Gasteiger partial charge in [-0.05, 0) is 17.5 Å². The maximum atomic E-state index is 11.5. The molecule has 142 valence electrons. The average Bonchev–Trinajstić information content (AvgIpc) is 3.01. The monoisotopic (exact) mass is 374 g/mol. The van der Waals surface area contributed by atoms with Gasteiger partial charge < -0.3 is 4.52 Å². The number of anilines is 1. The van der Waals surface area contributed by atoms with Crippen molar-refractivity contribution in [3.63, 3.8) is 0 Å². The summed E-state index contributed by atoms with van der Waals surface area (Å²) < 4.78 is 29.7. The third-order valence-electron chi connectivity index (χ3n) is 4.51. The van der Waals surface area contributed by atoms with Crippen molar-refractivity contribution in [3.8, 4) is 0 Å². The van der Waals surface area contributed by atoms with Crippen LogP contribution in [0, 0.1) is 5.92 Å². The Bertz CT molecular complexity index is 655. The van der Waals surface area contributed by atoms with Crippen LogP contribution in [0.1, 0.15) is 69.6 Å². The first-order valence-electron chi connectivity index (χ1n) is 8.61. The number of carbonyl (C=O) groups is 1. The summed E-state index contributed by atoms with van der Waals surface area (Å²) >= 11 is 0. The highest BCUT2D eigenvalue weighted by atomic mass is 32.2. The van der Waals surface area contributed by atoms with Crippen molar-refractivity contribution in [1.29, 1.82) is 0 Å². The number of nitrogens with zero attached hydrogens (tertiary/aromatic N) is 2. The smallest absolute Gasteiger partial charge is 0.277 e. The molecular formula is C15H26N4O5S. The van der Waals surface area contributed by atoms with Gasteiger partial charge in [0, 0.05) is 12.3 Å². The summed E-state index contributed by atoms with van der Waals surface area (Å²) in [5.74, 6) is -0.138. The molecule has 1 aromatic heterocycles. The van der Waals surface area contributed by atoms with Gasteiger partial charge in [-0.15, -0.1) is 0 Å². The van der Waals surface area contributed by atoms with Crippen molar-refractivity contribution in [1.82, 2.24) is 15.6 Å². The quantitative estimate of drug-likeness (QED) is 0.445. The van der Waals surface area contributed by atoms with Gasteiger partial charge in [0.25, 0.3) is 5.95 Å². The first-order chi connectivity index (χ1) is 11.9. The van der Waals surface area contributed by atoms with E-state index in [2.05, 4.69) is 14.9 Å². The van der Waals surface area contributed by atoms with Crippen LogP contribution in [-0.2, 0) is 14.8 Å². The zero-order valence-electron chi connectivity index (χ0n) is 14.4. The highest BCUT2D eigenvalue weighted by molar-refractivity contribution is 7.91. The summed E-state index contributed by atoms with van der Waals surface area (Å²) in [4.78, 5) is 15.6. The SMILES string of the molecule is CS(=O)(=O)Nc1noc([C@H](CCCC2CCCCC2)CC(=O)NO)n1. The third-order valence-corrected chi connectivity index (χ3v) is 5.07. The molecule has 9 nitrogen and oxygen atoms in total. The molecule has 0 saturated heterocycles. The molecular weight excluding hydrogens is 348 g/mol. The molecule has 1 heterocycles. The number of amides is 1. The summed E-state index contributed by atoms with van der Waals surface area (Å²) in [6, 6.07) is 0. The zero-order valence-corrected chi connectivity index (χ0v) is 15.2. The second-order valence-electron chi connectivity index (χ2n) is 6.70. The minimum absolute atomic E-state index is 0.00166. The van der Waals surface area contributed by atoms with Crippen molar-refractivity contribution < 1.29 is 22.9 Å². The molecule has 0 bridgehead atoms. The third kappa shape index (κ3) is 6.99. The van der Waals surface area contributed by atoms with Crippen molar-refractivity contribution >= 4 is 21.9 Å². The Hall–Kier alpha value is -1.68. The van der Waals surface area contributed by atoms with Gasteiger partial charge in [0.15, 0.2) is 0 Å². The number of carbonyl (C=O) groups excluding carboxylic acids is 1. The average molecular weight is 374 g/mol. The van der Waals surface area contributed by atoms with Crippen LogP contribution >= 0.6 is 0 Å². The molecule has 1 fully saturated rings. The van der Waals surface area contributed by atoms with Gasteiger partial charge in [-0.1, -0.05) is 44.9 Å². The lowest BCUT2D eigenvalue weighted by Crippen LogP contribution is -2.21. The van der Waals surface area contributed by atoms with Gasteiger partial charge in [0.05, 0.1) is 6.26 Å². The summed E-state index contributed by atoms with van der Waals surface area (Å²) in [5.41, 5.74) is 1.61. The van der Waals surface area contributed by atoms with Crippen LogP contribution < -0.4 is 10.2 Å². The molecule has 0 aliphatic heterocycles. The predicted octanol–water partition coefficient (Wildman–Crippen LogP) is 2.17. The number of hydrogen-bond donors (Lipinski definition) is 3. The van der Waals surface area contributed by atoms with E-state index in [0.29, 0.717) is 6.42 Å². The first-order valence-corrected chi connectivity index (χ1v) is 10.5. The first kappa shape index (κ1) is 19.6. The molecule has 1 aliphatic rings. The van der Waals surface area contributed by atoms with Crippen LogP contribution in [0.5, 0.6) is 0 Å². The fourth-order valence-electron chi connectivity index (χ4n) is 3.32. The highest BCUT2D eigenvalue weighted by Crippen LogP contribution is 2.31. The van der Waals surface area contributed by atoms with Gasteiger partial charge in [-0.25, -0.2) is 18.6 Å². The Morgan fingerprint density at radius 3 is 2.72 bits per heavy atom. The Morgan fingerprint density at radius 1 is 1.36 bits per heavy atom. The second kappa shape index (κ2) is 9.14. The van der Waals surface area contributed by atoms with Gasteiger partial charge in [0.2, 0.25) is 21.8 Å². The van der Waals surface area contributed by atoms with Crippen LogP contribution in [0.3, 0.4) is 0 Å². The zero-order chi connectivity index (χ0) is 18.3. The maximum absolute atomic E-state index is 11.5. The molecule has 1 aromatic rings. The Balaban J connectivity index is 1.95. The van der Waals surface area contributed by atoms with Gasteiger partial charge in [-0.2, -0.15) is 4.98 Å². The molecule has 1 aliphatic carbocycles. The number of hydrogen-bond acceptors (Lipinski definition) is 7. The number of hydroxylamine groups is 1. The summed E-state index contributed by atoms with van der Waals surface area (Å²) in [7, 11) is -3.50. The summed E-state index contributed by atoms with van der Waals surface area (Å²) in [6.45, 7) is 0. The largest absolute Gasteiger partial charge is 0.337 e. The number of rotatable bonds is 9. The Kier molecular flexibility index (Phi) is 7.18. The lowest BCUT2D eigenvalue weighted by molar-refractivity contribution is -0.129. The minimum atomic E-state index is -3.50. The van der Waals surface area contributed by atoms with E-state index in [-0.39, 0.29) is 24.2 Å². The Labute approximate surface area is 147 Å². The molecule has 2 rings (SSSR count). The number of aromatic nitrogens is 2. The van der Waals surface area contributed by atoms with Gasteiger partial charge in [-0.3, -0.25) is 10.0 Å². The highest BCUT2D eigenvalue weighted by Gasteiger charge is 2.24. The molecule has 1 saturated carbocycles. The molecule has 0 radical (unpaired) electrons. The topological polar surface area (TPSA) is 134 Å². The van der Waals surface area contributed by atoms with Gasteiger partial charge >= 0.3 is 0 Å². The van der Waals surface area contributed by atoms with Crippen LogP contribution in [-0.4, -0.2) is 35.9 Å². The van der Waals surface area contributed by atoms with E-state index < -0.39 is 15.9 Å². The van der Waals surface area contributed by atoms with Crippen LogP contribution in [0.2, 0.25) is 0 Å². The molecule has 0 unspecified atom stereocenters. The minimum Gasteiger partial charge on any atom is -0.337 e. The Morgan fingerprint density at radius 2 is 2.08 bits per heavy atom. The summed E-state index contributed by atoms with van der Waals surface area (Å²) in [5, 5.41) is 12.3. The van der Waals surface area contributed by atoms with Crippen LogP contribution in [0.4, 0.5) is 5.95 Å². The molecule has 0 aromatic carbocycles. The fraction of sp³-hybridized carbons (Fsp3) is 0.800. The molecule has 0 spiro atoms. The lowest BCUT2D eigenvalue weighted by Gasteiger charge is -2.22.